The van der Waals surface area contributed by atoms with Crippen LogP contribution in [0.15, 0.2) is 18.3 Å². The molecule has 4 rings (SSSR count). The van der Waals surface area contributed by atoms with Gasteiger partial charge in [0.2, 0.25) is 0 Å². The number of nitrogens with two attached hydrogens (primary N) is 1. The Morgan fingerprint density at radius 2 is 1.78 bits per heavy atom. The lowest BCUT2D eigenvalue weighted by atomic mass is 10.1. The van der Waals surface area contributed by atoms with Crippen LogP contribution >= 0.6 is 0 Å². The SMILES string of the molecule is COC(=O)c1c(N)n(-c2c(C)ccc(OC)c2C)c2nc(C)nc(-c3cnn(C(F)F)c3NC(=O)OC(C)(C)C)c12. The fourth-order valence-electron chi connectivity index (χ4n) is 4.62. The molecule has 4 aromatic rings. The number of hydrogen-bond donors (Lipinski definition) is 2. The number of rotatable bonds is 6. The van der Waals surface area contributed by atoms with Crippen LogP contribution in [0.5, 0.6) is 5.75 Å². The Bertz CT molecular complexity index is 1670. The smallest absolute Gasteiger partial charge is 0.413 e. The molecule has 0 fully saturated rings. The third-order valence-electron chi connectivity index (χ3n) is 6.23. The highest BCUT2D eigenvalue weighted by atomic mass is 19.3. The van der Waals surface area contributed by atoms with Gasteiger partial charge in [-0.2, -0.15) is 18.6 Å². The van der Waals surface area contributed by atoms with Gasteiger partial charge in [0.25, 0.3) is 0 Å². The maximum Gasteiger partial charge on any atom is 0.413 e. The molecule has 12 nitrogen and oxygen atoms in total. The molecular weight excluding hydrogens is 540 g/mol. The zero-order valence-electron chi connectivity index (χ0n) is 23.9. The van der Waals surface area contributed by atoms with E-state index in [1.54, 1.807) is 38.3 Å². The zero-order valence-corrected chi connectivity index (χ0v) is 23.9. The van der Waals surface area contributed by atoms with Crippen molar-refractivity contribution >= 4 is 34.7 Å². The largest absolute Gasteiger partial charge is 0.496 e. The first-order chi connectivity index (χ1) is 19.2. The Morgan fingerprint density at radius 3 is 2.37 bits per heavy atom. The van der Waals surface area contributed by atoms with Crippen LogP contribution in [0.25, 0.3) is 28.0 Å². The lowest BCUT2D eigenvalue weighted by Gasteiger charge is -2.20. The number of ether oxygens (including phenoxy) is 3. The van der Waals surface area contributed by atoms with Gasteiger partial charge in [-0.15, -0.1) is 0 Å². The summed E-state index contributed by atoms with van der Waals surface area (Å²) in [7, 11) is 2.72. The van der Waals surface area contributed by atoms with E-state index in [0.29, 0.717) is 21.7 Å². The molecule has 0 unspecified atom stereocenters. The zero-order chi connectivity index (χ0) is 30.4. The molecule has 1 aromatic carbocycles. The Morgan fingerprint density at radius 1 is 1.10 bits per heavy atom. The van der Waals surface area contributed by atoms with Crippen LogP contribution in [0.2, 0.25) is 0 Å². The number of aryl methyl sites for hydroxylation is 2. The second kappa shape index (κ2) is 10.7. The van der Waals surface area contributed by atoms with Gasteiger partial charge in [0.1, 0.15) is 34.4 Å². The quantitative estimate of drug-likeness (QED) is 0.293. The van der Waals surface area contributed by atoms with E-state index in [-0.39, 0.29) is 39.5 Å². The van der Waals surface area contributed by atoms with Gasteiger partial charge in [-0.3, -0.25) is 9.88 Å². The van der Waals surface area contributed by atoms with Crippen LogP contribution in [-0.2, 0) is 9.47 Å². The summed E-state index contributed by atoms with van der Waals surface area (Å²) in [5.74, 6) is -0.422. The molecule has 3 N–H and O–H groups in total. The summed E-state index contributed by atoms with van der Waals surface area (Å²) in [5.41, 5.74) is 7.93. The summed E-state index contributed by atoms with van der Waals surface area (Å²) in [6, 6.07) is 3.63. The molecule has 0 aliphatic rings. The number of esters is 1. The van der Waals surface area contributed by atoms with Crippen molar-refractivity contribution < 1.29 is 32.6 Å². The maximum atomic E-state index is 14.0. The van der Waals surface area contributed by atoms with Crippen molar-refractivity contribution in [1.29, 1.82) is 0 Å². The van der Waals surface area contributed by atoms with Crippen LogP contribution in [0, 0.1) is 20.8 Å². The monoisotopic (exact) mass is 571 g/mol. The van der Waals surface area contributed by atoms with Gasteiger partial charge in [0.15, 0.2) is 5.65 Å². The molecule has 3 heterocycles. The van der Waals surface area contributed by atoms with E-state index in [2.05, 4.69) is 20.4 Å². The Balaban J connectivity index is 2.11. The predicted octanol–water partition coefficient (Wildman–Crippen LogP) is 5.33. The number of aromatic nitrogens is 5. The van der Waals surface area contributed by atoms with E-state index >= 15 is 0 Å². The van der Waals surface area contributed by atoms with Gasteiger partial charge < -0.3 is 19.9 Å². The molecule has 218 valence electrons. The topological polar surface area (TPSA) is 148 Å². The van der Waals surface area contributed by atoms with Crippen LogP contribution in [-0.4, -0.2) is 56.2 Å². The summed E-state index contributed by atoms with van der Waals surface area (Å²) < 4.78 is 45.8. The number of hydrogen-bond acceptors (Lipinski definition) is 9. The van der Waals surface area contributed by atoms with Gasteiger partial charge in [0.05, 0.1) is 42.7 Å². The molecule has 0 bridgehead atoms. The number of amides is 1. The number of fused-ring (bicyclic) bond motifs is 1. The molecule has 3 aromatic heterocycles. The molecule has 0 radical (unpaired) electrons. The predicted molar refractivity (Wildman–Crippen MR) is 148 cm³/mol. The lowest BCUT2D eigenvalue weighted by Crippen LogP contribution is -2.28. The van der Waals surface area contributed by atoms with Crippen molar-refractivity contribution in [3.63, 3.8) is 0 Å². The highest BCUT2D eigenvalue weighted by molar-refractivity contribution is 6.14. The third-order valence-corrected chi connectivity index (χ3v) is 6.23. The molecule has 0 aliphatic carbocycles. The first-order valence-corrected chi connectivity index (χ1v) is 12.5. The van der Waals surface area contributed by atoms with Crippen molar-refractivity contribution in [3.8, 4) is 22.7 Å². The average Bonchev–Trinajstić information content (AvgIpc) is 3.41. The molecule has 0 aliphatic heterocycles. The molecule has 14 heteroatoms. The summed E-state index contributed by atoms with van der Waals surface area (Å²) in [4.78, 5) is 34.9. The highest BCUT2D eigenvalue weighted by Gasteiger charge is 2.32. The van der Waals surface area contributed by atoms with Gasteiger partial charge in [-0.05, 0) is 53.2 Å². The fraction of sp³-hybridized carbons (Fsp3) is 0.370. The van der Waals surface area contributed by atoms with Gasteiger partial charge >= 0.3 is 18.6 Å². The number of nitrogens with zero attached hydrogens (tertiary/aromatic N) is 5. The van der Waals surface area contributed by atoms with Crippen LogP contribution < -0.4 is 15.8 Å². The first kappa shape index (κ1) is 29.2. The number of halogens is 2. The molecule has 1 amide bonds. The summed E-state index contributed by atoms with van der Waals surface area (Å²) in [5, 5.41) is 6.25. The number of carbonyl (C=O) groups is 2. The van der Waals surface area contributed by atoms with Crippen molar-refractivity contribution in [2.24, 2.45) is 0 Å². The van der Waals surface area contributed by atoms with Gasteiger partial charge in [-0.1, -0.05) is 6.07 Å². The van der Waals surface area contributed by atoms with E-state index in [0.717, 1.165) is 11.8 Å². The van der Waals surface area contributed by atoms with Gasteiger partial charge in [0, 0.05) is 5.56 Å². The van der Waals surface area contributed by atoms with E-state index in [4.69, 9.17) is 19.9 Å². The number of nitrogens with one attached hydrogen (secondary N) is 1. The Labute approximate surface area is 234 Å². The van der Waals surface area contributed by atoms with Crippen molar-refractivity contribution in [2.75, 3.05) is 25.3 Å². The highest BCUT2D eigenvalue weighted by Crippen LogP contribution is 2.42. The minimum atomic E-state index is -3.12. The number of anilines is 2. The molecule has 0 saturated carbocycles. The van der Waals surface area contributed by atoms with E-state index < -0.39 is 30.0 Å². The number of nitrogen functional groups attached to an aromatic ring is 1. The number of benzene rings is 1. The number of carbonyl (C=O) groups excluding carboxylic acids is 2. The molecular formula is C27H31F2N7O5. The average molecular weight is 572 g/mol. The molecule has 0 saturated heterocycles. The van der Waals surface area contributed by atoms with E-state index in [9.17, 15) is 18.4 Å². The number of alkyl halides is 2. The minimum absolute atomic E-state index is 0.0182. The van der Waals surface area contributed by atoms with Crippen molar-refractivity contribution in [3.05, 3.63) is 40.8 Å². The summed E-state index contributed by atoms with van der Waals surface area (Å²) in [6.07, 6.45) is 0.118. The molecule has 0 spiro atoms. The first-order valence-electron chi connectivity index (χ1n) is 12.5. The summed E-state index contributed by atoms with van der Waals surface area (Å²) in [6.45, 7) is 7.05. The summed E-state index contributed by atoms with van der Waals surface area (Å²) >= 11 is 0. The number of methoxy groups -OCH3 is 2. The van der Waals surface area contributed by atoms with Crippen LogP contribution in [0.1, 0.15) is 54.6 Å². The Kier molecular flexibility index (Phi) is 7.61. The maximum absolute atomic E-state index is 14.0. The second-order valence-electron chi connectivity index (χ2n) is 10.2. The third kappa shape index (κ3) is 5.24. The molecule has 0 atom stereocenters. The second-order valence-corrected chi connectivity index (χ2v) is 10.2. The van der Waals surface area contributed by atoms with Crippen molar-refractivity contribution in [2.45, 2.75) is 53.7 Å². The minimum Gasteiger partial charge on any atom is -0.496 e. The standard InChI is InChI=1S/C27H31F2N7O5/c1-12-9-10-16(39-7)13(2)20(12)35-21(30)18(24(37)40-8)17-19(32-14(3)33-23(17)35)15-11-31-36(25(28)29)22(15)34-26(38)41-27(4,5)6/h9-11,25H,30H2,1-8H3,(H,34,38). The van der Waals surface area contributed by atoms with E-state index in [1.807, 2.05) is 19.9 Å². The van der Waals surface area contributed by atoms with Gasteiger partial charge in [-0.25, -0.2) is 19.6 Å². The Hall–Kier alpha value is -4.75. The lowest BCUT2D eigenvalue weighted by molar-refractivity contribution is 0.0556. The van der Waals surface area contributed by atoms with Crippen LogP contribution in [0.4, 0.5) is 25.2 Å². The van der Waals surface area contributed by atoms with Crippen LogP contribution in [0.3, 0.4) is 0 Å². The fourth-order valence-corrected chi connectivity index (χ4v) is 4.62. The molecule has 41 heavy (non-hydrogen) atoms. The van der Waals surface area contributed by atoms with Crippen molar-refractivity contribution in [1.82, 2.24) is 24.3 Å². The normalized spacial score (nSPS) is 11.7. The van der Waals surface area contributed by atoms with E-state index in [1.165, 1.54) is 14.2 Å².